The predicted octanol–water partition coefficient (Wildman–Crippen LogP) is 5.03. The highest BCUT2D eigenvalue weighted by atomic mass is 32.2. The van der Waals surface area contributed by atoms with Crippen LogP contribution in [0.3, 0.4) is 0 Å². The van der Waals surface area contributed by atoms with Gasteiger partial charge < -0.3 is 9.67 Å². The Labute approximate surface area is 205 Å². The van der Waals surface area contributed by atoms with Crippen LogP contribution < -0.4 is 0 Å². The molecule has 1 aromatic carbocycles. The van der Waals surface area contributed by atoms with E-state index in [1.54, 1.807) is 25.1 Å². The number of fused-ring (bicyclic) bond motifs is 1. The van der Waals surface area contributed by atoms with E-state index in [1.807, 2.05) is 20.8 Å². The average Bonchev–Trinajstić information content (AvgIpc) is 3.13. The molecular weight excluding hydrogens is 476 g/mol. The molecule has 0 unspecified atom stereocenters. The second-order valence-electron chi connectivity index (χ2n) is 11.6. The van der Waals surface area contributed by atoms with E-state index in [9.17, 15) is 27.1 Å². The lowest BCUT2D eigenvalue weighted by atomic mass is 9.83. The molecule has 1 N–H and O–H groups in total. The van der Waals surface area contributed by atoms with Crippen molar-refractivity contribution in [3.63, 3.8) is 0 Å². The van der Waals surface area contributed by atoms with E-state index in [0.717, 1.165) is 11.3 Å². The molecule has 1 saturated carbocycles. The van der Waals surface area contributed by atoms with Gasteiger partial charge in [-0.15, -0.1) is 0 Å². The number of hydrogen-bond donors (Lipinski definition) is 1. The van der Waals surface area contributed by atoms with E-state index in [0.29, 0.717) is 37.7 Å². The number of imidazole rings is 1. The average molecular weight is 512 g/mol. The van der Waals surface area contributed by atoms with Crippen molar-refractivity contribution in [2.45, 2.75) is 89.0 Å². The number of carbonyl (C=O) groups is 1. The van der Waals surface area contributed by atoms with Crippen molar-refractivity contribution >= 4 is 27.0 Å². The van der Waals surface area contributed by atoms with Crippen LogP contribution in [-0.2, 0) is 26.8 Å². The molecule has 1 atom stereocenters. The lowest BCUT2D eigenvalue weighted by Crippen LogP contribution is -2.48. The second-order valence-corrected chi connectivity index (χ2v) is 13.5. The Hall–Kier alpha value is -2.07. The van der Waals surface area contributed by atoms with Gasteiger partial charge in [0.2, 0.25) is 15.9 Å². The smallest absolute Gasteiger partial charge is 0.310 e. The van der Waals surface area contributed by atoms with Crippen molar-refractivity contribution in [2.75, 3.05) is 13.1 Å². The van der Waals surface area contributed by atoms with Crippen LogP contribution in [0, 0.1) is 11.3 Å². The van der Waals surface area contributed by atoms with Crippen LogP contribution in [0.4, 0.5) is 8.78 Å². The fraction of sp³-hybridized carbons (Fsp3) is 0.680. The van der Waals surface area contributed by atoms with Gasteiger partial charge >= 0.3 is 5.97 Å². The highest BCUT2D eigenvalue weighted by Gasteiger charge is 2.42. The zero-order chi connectivity index (χ0) is 25.8. The number of carboxylic acid groups (broad SMARTS) is 1. The molecule has 1 aromatic heterocycles. The molecule has 0 radical (unpaired) electrons. The third-order valence-electron chi connectivity index (χ3n) is 7.48. The number of carboxylic acids is 1. The van der Waals surface area contributed by atoms with Crippen molar-refractivity contribution in [3.8, 4) is 0 Å². The van der Waals surface area contributed by atoms with Crippen molar-refractivity contribution in [1.29, 1.82) is 0 Å². The molecule has 2 heterocycles. The molecule has 35 heavy (non-hydrogen) atoms. The summed E-state index contributed by atoms with van der Waals surface area (Å²) in [6, 6.07) is 4.84. The van der Waals surface area contributed by atoms with Crippen molar-refractivity contribution in [3.05, 3.63) is 24.0 Å². The fourth-order valence-corrected chi connectivity index (χ4v) is 6.91. The zero-order valence-corrected chi connectivity index (χ0v) is 21.7. The van der Waals surface area contributed by atoms with E-state index in [1.165, 1.54) is 4.31 Å². The minimum absolute atomic E-state index is 0.0727. The SMILES string of the molecule is CC(C)(C)c1nc2cc(S(=O)(=O)N3CCC[C@@](C)(C(=O)O)C3)ccc2n1CC1CCC(F)(F)CC1. The summed E-state index contributed by atoms with van der Waals surface area (Å²) in [4.78, 5) is 16.6. The summed E-state index contributed by atoms with van der Waals surface area (Å²) in [5.41, 5.74) is -0.129. The van der Waals surface area contributed by atoms with E-state index >= 15 is 0 Å². The number of aliphatic carboxylic acids is 1. The number of alkyl halides is 2. The molecule has 7 nitrogen and oxygen atoms in total. The molecule has 1 saturated heterocycles. The van der Waals surface area contributed by atoms with Gasteiger partial charge in [-0.1, -0.05) is 20.8 Å². The minimum Gasteiger partial charge on any atom is -0.481 e. The molecule has 1 aliphatic carbocycles. The second kappa shape index (κ2) is 8.80. The molecule has 4 rings (SSSR count). The fourth-order valence-electron chi connectivity index (χ4n) is 5.29. The molecule has 0 spiro atoms. The standard InChI is InChI=1S/C25H35F2N3O4S/c1-23(2,3)21-28-19-14-18(35(33,34)29-13-5-10-24(4,16-29)22(31)32)6-7-20(19)30(21)15-17-8-11-25(26,27)12-9-17/h6-7,14,17H,5,8-13,15-16H2,1-4H3,(H,31,32)/t24-/m1/s1. The first kappa shape index (κ1) is 26.0. The number of hydrogen-bond acceptors (Lipinski definition) is 4. The van der Waals surface area contributed by atoms with Crippen LogP contribution in [0.15, 0.2) is 23.1 Å². The maximum Gasteiger partial charge on any atom is 0.310 e. The topological polar surface area (TPSA) is 92.5 Å². The molecule has 0 bridgehead atoms. The summed E-state index contributed by atoms with van der Waals surface area (Å²) in [7, 11) is -3.90. The first-order valence-corrected chi connectivity index (χ1v) is 13.7. The number of aromatic nitrogens is 2. The Bertz CT molecular complexity index is 1230. The summed E-state index contributed by atoms with van der Waals surface area (Å²) < 4.78 is 57.5. The lowest BCUT2D eigenvalue weighted by molar-refractivity contribution is -0.150. The van der Waals surface area contributed by atoms with Gasteiger partial charge in [-0.05, 0) is 56.7 Å². The summed E-state index contributed by atoms with van der Waals surface area (Å²) in [5.74, 6) is -2.69. The van der Waals surface area contributed by atoms with Crippen LogP contribution in [0.5, 0.6) is 0 Å². The van der Waals surface area contributed by atoms with Crippen molar-refractivity contribution < 1.29 is 27.1 Å². The maximum absolute atomic E-state index is 13.7. The summed E-state index contributed by atoms with van der Waals surface area (Å²) >= 11 is 0. The van der Waals surface area contributed by atoms with Crippen molar-refractivity contribution in [2.24, 2.45) is 11.3 Å². The molecule has 10 heteroatoms. The van der Waals surface area contributed by atoms with Gasteiger partial charge in [-0.25, -0.2) is 22.2 Å². The van der Waals surface area contributed by atoms with E-state index in [4.69, 9.17) is 4.98 Å². The van der Waals surface area contributed by atoms with E-state index in [-0.39, 0.29) is 42.2 Å². The Morgan fingerprint density at radius 3 is 2.46 bits per heavy atom. The normalized spacial score (nSPS) is 24.6. The van der Waals surface area contributed by atoms with Crippen molar-refractivity contribution in [1.82, 2.24) is 13.9 Å². The number of rotatable bonds is 5. The van der Waals surface area contributed by atoms with Gasteiger partial charge in [-0.3, -0.25) is 4.79 Å². The first-order valence-electron chi connectivity index (χ1n) is 12.2. The number of sulfonamides is 1. The van der Waals surface area contributed by atoms with Gasteiger partial charge in [0.25, 0.3) is 0 Å². The molecule has 2 aromatic rings. The zero-order valence-electron chi connectivity index (χ0n) is 20.9. The highest BCUT2D eigenvalue weighted by Crippen LogP contribution is 2.39. The monoisotopic (exact) mass is 511 g/mol. The number of halogens is 2. The molecular formula is C25H35F2N3O4S. The largest absolute Gasteiger partial charge is 0.481 e. The summed E-state index contributed by atoms with van der Waals surface area (Å²) in [6.45, 7) is 8.43. The van der Waals surface area contributed by atoms with Crippen LogP contribution in [0.25, 0.3) is 11.0 Å². The van der Waals surface area contributed by atoms with Crippen LogP contribution in [0.1, 0.15) is 72.0 Å². The van der Waals surface area contributed by atoms with Crippen LogP contribution >= 0.6 is 0 Å². The number of piperidine rings is 1. The van der Waals surface area contributed by atoms with E-state index < -0.39 is 27.3 Å². The Morgan fingerprint density at radius 2 is 1.86 bits per heavy atom. The van der Waals surface area contributed by atoms with Gasteiger partial charge in [0.1, 0.15) is 5.82 Å². The Balaban J connectivity index is 1.68. The maximum atomic E-state index is 13.7. The third kappa shape index (κ3) is 5.09. The highest BCUT2D eigenvalue weighted by molar-refractivity contribution is 7.89. The molecule has 2 aliphatic rings. The quantitative estimate of drug-likeness (QED) is 0.608. The number of benzene rings is 1. The first-order chi connectivity index (χ1) is 16.1. The summed E-state index contributed by atoms with van der Waals surface area (Å²) in [6.07, 6.45) is 1.58. The minimum atomic E-state index is -3.90. The molecule has 194 valence electrons. The Morgan fingerprint density at radius 1 is 1.20 bits per heavy atom. The number of nitrogens with zero attached hydrogens (tertiary/aromatic N) is 3. The van der Waals surface area contributed by atoms with Crippen LogP contribution in [-0.4, -0.2) is 52.4 Å². The van der Waals surface area contributed by atoms with Gasteiger partial charge in [0.15, 0.2) is 0 Å². The lowest BCUT2D eigenvalue weighted by Gasteiger charge is -2.36. The molecule has 0 amide bonds. The summed E-state index contributed by atoms with van der Waals surface area (Å²) in [5, 5.41) is 9.59. The van der Waals surface area contributed by atoms with Crippen LogP contribution in [0.2, 0.25) is 0 Å². The van der Waals surface area contributed by atoms with Gasteiger partial charge in [0.05, 0.1) is 21.3 Å². The Kier molecular flexibility index (Phi) is 6.54. The van der Waals surface area contributed by atoms with Gasteiger partial charge in [0, 0.05) is 37.9 Å². The molecule has 2 fully saturated rings. The predicted molar refractivity (Wildman–Crippen MR) is 129 cm³/mol. The van der Waals surface area contributed by atoms with E-state index in [2.05, 4.69) is 4.57 Å². The van der Waals surface area contributed by atoms with Gasteiger partial charge in [-0.2, -0.15) is 4.31 Å². The molecule has 1 aliphatic heterocycles. The third-order valence-corrected chi connectivity index (χ3v) is 9.32.